The zero-order valence-electron chi connectivity index (χ0n) is 13.1. The first-order valence-electron chi connectivity index (χ1n) is 7.50. The molecule has 1 aromatic carbocycles. The predicted molar refractivity (Wildman–Crippen MR) is 83.3 cm³/mol. The van der Waals surface area contributed by atoms with E-state index in [-0.39, 0.29) is 22.5 Å². The topological polar surface area (TPSA) is 22.0 Å². The number of rotatable bonds is 4. The van der Waals surface area contributed by atoms with Crippen LogP contribution in [0.1, 0.15) is 38.1 Å². The number of alkyl halides is 1. The molecule has 3 heteroatoms. The third-order valence-corrected chi connectivity index (χ3v) is 5.66. The SMILES string of the molecule is CC1(C)C(C(=O)c2cn(CCF)c3ccccc23)C1(C)C. The number of fused-ring (bicyclic) bond motifs is 1. The quantitative estimate of drug-likeness (QED) is 0.760. The number of carbonyl (C=O) groups is 1. The number of Topliss-reactive ketones (excluding diaryl/α,β-unsaturated/α-hetero) is 1. The minimum absolute atomic E-state index is 0.0212. The summed E-state index contributed by atoms with van der Waals surface area (Å²) in [6, 6.07) is 7.77. The van der Waals surface area contributed by atoms with E-state index in [1.807, 2.05) is 35.0 Å². The molecule has 1 fully saturated rings. The Morgan fingerprint density at radius 3 is 2.38 bits per heavy atom. The molecule has 0 saturated heterocycles. The second kappa shape index (κ2) is 4.43. The van der Waals surface area contributed by atoms with Crippen LogP contribution in [0.3, 0.4) is 0 Å². The summed E-state index contributed by atoms with van der Waals surface area (Å²) in [5, 5.41) is 0.939. The standard InChI is InChI=1S/C18H22FNO/c1-17(2)16(18(17,3)4)15(21)13-11-20(10-9-19)14-8-6-5-7-12(13)14/h5-8,11,16H,9-10H2,1-4H3. The van der Waals surface area contributed by atoms with Crippen LogP contribution in [-0.4, -0.2) is 17.0 Å². The summed E-state index contributed by atoms with van der Waals surface area (Å²) in [6.07, 6.45) is 1.83. The summed E-state index contributed by atoms with van der Waals surface area (Å²) in [5.74, 6) is 0.230. The van der Waals surface area contributed by atoms with E-state index in [0.29, 0.717) is 6.54 Å². The number of aryl methyl sites for hydroxylation is 1. The Morgan fingerprint density at radius 1 is 1.19 bits per heavy atom. The van der Waals surface area contributed by atoms with Gasteiger partial charge in [-0.15, -0.1) is 0 Å². The van der Waals surface area contributed by atoms with E-state index in [1.54, 1.807) is 0 Å². The molecule has 21 heavy (non-hydrogen) atoms. The summed E-state index contributed by atoms with van der Waals surface area (Å²) in [4.78, 5) is 13.0. The van der Waals surface area contributed by atoms with Gasteiger partial charge in [-0.25, -0.2) is 4.39 Å². The van der Waals surface area contributed by atoms with Gasteiger partial charge in [0.2, 0.25) is 0 Å². The van der Waals surface area contributed by atoms with Crippen molar-refractivity contribution >= 4 is 16.7 Å². The minimum Gasteiger partial charge on any atom is -0.344 e. The Labute approximate surface area is 125 Å². The number of nitrogens with zero attached hydrogens (tertiary/aromatic N) is 1. The Balaban J connectivity index is 2.08. The third kappa shape index (κ3) is 1.86. The van der Waals surface area contributed by atoms with E-state index in [1.165, 1.54) is 0 Å². The van der Waals surface area contributed by atoms with Gasteiger partial charge >= 0.3 is 0 Å². The van der Waals surface area contributed by atoms with Gasteiger partial charge in [0.25, 0.3) is 0 Å². The zero-order valence-corrected chi connectivity index (χ0v) is 13.1. The molecule has 0 N–H and O–H groups in total. The monoisotopic (exact) mass is 287 g/mol. The molecule has 0 unspecified atom stereocenters. The van der Waals surface area contributed by atoms with E-state index >= 15 is 0 Å². The fourth-order valence-electron chi connectivity index (χ4n) is 3.73. The third-order valence-electron chi connectivity index (χ3n) is 5.66. The molecule has 2 nitrogen and oxygen atoms in total. The lowest BCUT2D eigenvalue weighted by Gasteiger charge is -2.03. The van der Waals surface area contributed by atoms with Crippen LogP contribution >= 0.6 is 0 Å². The van der Waals surface area contributed by atoms with Gasteiger partial charge in [-0.2, -0.15) is 0 Å². The molecule has 112 valence electrons. The lowest BCUT2D eigenvalue weighted by molar-refractivity contribution is 0.0946. The summed E-state index contributed by atoms with van der Waals surface area (Å²) >= 11 is 0. The average molecular weight is 287 g/mol. The molecule has 0 aliphatic heterocycles. The molecule has 0 spiro atoms. The number of ketones is 1. The van der Waals surface area contributed by atoms with Crippen LogP contribution in [0.5, 0.6) is 0 Å². The van der Waals surface area contributed by atoms with Gasteiger partial charge in [0.05, 0.1) is 6.54 Å². The van der Waals surface area contributed by atoms with Crippen molar-refractivity contribution in [3.63, 3.8) is 0 Å². The van der Waals surface area contributed by atoms with E-state index in [2.05, 4.69) is 27.7 Å². The zero-order chi connectivity index (χ0) is 15.4. The molecule has 1 heterocycles. The highest BCUT2D eigenvalue weighted by Crippen LogP contribution is 2.69. The van der Waals surface area contributed by atoms with E-state index < -0.39 is 6.67 Å². The van der Waals surface area contributed by atoms with Crippen LogP contribution in [0.4, 0.5) is 4.39 Å². The molecule has 2 aromatic rings. The van der Waals surface area contributed by atoms with Gasteiger partial charge in [0.1, 0.15) is 6.67 Å². The molecule has 1 saturated carbocycles. The fraction of sp³-hybridized carbons (Fsp3) is 0.500. The van der Waals surface area contributed by atoms with Crippen molar-refractivity contribution < 1.29 is 9.18 Å². The van der Waals surface area contributed by atoms with Gasteiger partial charge in [0.15, 0.2) is 5.78 Å². The van der Waals surface area contributed by atoms with Crippen LogP contribution in [0.15, 0.2) is 30.5 Å². The summed E-state index contributed by atoms with van der Waals surface area (Å²) < 4.78 is 14.6. The van der Waals surface area contributed by atoms with Crippen molar-refractivity contribution in [2.24, 2.45) is 16.7 Å². The highest BCUT2D eigenvalue weighted by molar-refractivity contribution is 6.11. The number of hydrogen-bond donors (Lipinski definition) is 0. The van der Waals surface area contributed by atoms with Gasteiger partial charge in [0, 0.05) is 28.6 Å². The van der Waals surface area contributed by atoms with Crippen molar-refractivity contribution in [3.05, 3.63) is 36.0 Å². The smallest absolute Gasteiger partial charge is 0.169 e. The number of carbonyl (C=O) groups excluding carboxylic acids is 1. The van der Waals surface area contributed by atoms with Gasteiger partial charge in [-0.05, 0) is 16.9 Å². The Hall–Kier alpha value is -1.64. The minimum atomic E-state index is -0.424. The summed E-state index contributed by atoms with van der Waals surface area (Å²) in [7, 11) is 0. The maximum atomic E-state index is 13.0. The number of halogens is 1. The van der Waals surface area contributed by atoms with Crippen LogP contribution in [0.2, 0.25) is 0 Å². The van der Waals surface area contributed by atoms with Crippen LogP contribution in [0, 0.1) is 16.7 Å². The molecule has 0 bridgehead atoms. The molecule has 0 atom stereocenters. The van der Waals surface area contributed by atoms with Crippen molar-refractivity contribution in [2.45, 2.75) is 34.2 Å². The fourth-order valence-corrected chi connectivity index (χ4v) is 3.73. The lowest BCUT2D eigenvalue weighted by Crippen LogP contribution is -2.07. The number of aromatic nitrogens is 1. The lowest BCUT2D eigenvalue weighted by atomic mass is 10.0. The summed E-state index contributed by atoms with van der Waals surface area (Å²) in [5.41, 5.74) is 1.72. The molecule has 0 amide bonds. The average Bonchev–Trinajstić information content (AvgIpc) is 2.72. The Morgan fingerprint density at radius 2 is 1.81 bits per heavy atom. The van der Waals surface area contributed by atoms with Gasteiger partial charge < -0.3 is 4.57 Å². The van der Waals surface area contributed by atoms with Crippen molar-refractivity contribution in [2.75, 3.05) is 6.67 Å². The number of para-hydroxylation sites is 1. The first-order chi connectivity index (χ1) is 9.82. The molecule has 3 rings (SSSR count). The molecular weight excluding hydrogens is 265 g/mol. The number of hydrogen-bond acceptors (Lipinski definition) is 1. The molecular formula is C18H22FNO. The molecule has 1 aliphatic rings. The Bertz CT molecular complexity index is 697. The highest BCUT2D eigenvalue weighted by atomic mass is 19.1. The predicted octanol–water partition coefficient (Wildman–Crippen LogP) is 4.48. The van der Waals surface area contributed by atoms with Crippen molar-refractivity contribution in [3.8, 4) is 0 Å². The van der Waals surface area contributed by atoms with Crippen LogP contribution in [0.25, 0.3) is 10.9 Å². The van der Waals surface area contributed by atoms with Crippen LogP contribution in [-0.2, 0) is 6.54 Å². The van der Waals surface area contributed by atoms with Crippen molar-refractivity contribution in [1.29, 1.82) is 0 Å². The van der Waals surface area contributed by atoms with Crippen LogP contribution < -0.4 is 0 Å². The molecule has 1 aliphatic carbocycles. The highest BCUT2D eigenvalue weighted by Gasteiger charge is 2.68. The maximum Gasteiger partial charge on any atom is 0.169 e. The second-order valence-electron chi connectivity index (χ2n) is 7.18. The first-order valence-corrected chi connectivity index (χ1v) is 7.50. The molecule has 0 radical (unpaired) electrons. The molecule has 1 aromatic heterocycles. The van der Waals surface area contributed by atoms with Gasteiger partial charge in [-0.3, -0.25) is 4.79 Å². The second-order valence-corrected chi connectivity index (χ2v) is 7.18. The van der Waals surface area contributed by atoms with E-state index in [4.69, 9.17) is 0 Å². The van der Waals surface area contributed by atoms with E-state index in [9.17, 15) is 9.18 Å². The summed E-state index contributed by atoms with van der Waals surface area (Å²) in [6.45, 7) is 8.47. The van der Waals surface area contributed by atoms with Gasteiger partial charge in [-0.1, -0.05) is 45.9 Å². The van der Waals surface area contributed by atoms with Crippen molar-refractivity contribution in [1.82, 2.24) is 4.57 Å². The first kappa shape index (κ1) is 14.3. The largest absolute Gasteiger partial charge is 0.344 e. The maximum absolute atomic E-state index is 13.0. The number of benzene rings is 1. The normalized spacial score (nSPS) is 19.9. The Kier molecular flexibility index (Phi) is 3.01. The van der Waals surface area contributed by atoms with E-state index in [0.717, 1.165) is 16.5 Å².